The van der Waals surface area contributed by atoms with Crippen molar-refractivity contribution in [3.05, 3.63) is 23.4 Å². The topological polar surface area (TPSA) is 79.4 Å². The average Bonchev–Trinajstić information content (AvgIpc) is 2.63. The van der Waals surface area contributed by atoms with Crippen LogP contribution in [0.1, 0.15) is 0 Å². The second-order valence-corrected chi connectivity index (χ2v) is 5.27. The van der Waals surface area contributed by atoms with E-state index in [-0.39, 0.29) is 15.9 Å². The lowest BCUT2D eigenvalue weighted by atomic mass is 10.2. The molecular formula is C9H5ClF3NO4S. The van der Waals surface area contributed by atoms with Crippen LogP contribution in [0.2, 0.25) is 5.02 Å². The van der Waals surface area contributed by atoms with Crippen molar-refractivity contribution < 1.29 is 30.9 Å². The van der Waals surface area contributed by atoms with E-state index < -0.39 is 27.1 Å². The molecule has 1 aromatic carbocycles. The Morgan fingerprint density at radius 1 is 1.32 bits per heavy atom. The molecule has 0 aliphatic rings. The van der Waals surface area contributed by atoms with Gasteiger partial charge in [0.1, 0.15) is 4.90 Å². The maximum Gasteiger partial charge on any atom is 0.573 e. The zero-order valence-electron chi connectivity index (χ0n) is 8.82. The van der Waals surface area contributed by atoms with E-state index in [1.807, 2.05) is 0 Å². The maximum atomic E-state index is 12.2. The zero-order chi connectivity index (χ0) is 14.4. The second-order valence-electron chi connectivity index (χ2n) is 3.47. The first-order valence-corrected chi connectivity index (χ1v) is 6.44. The summed E-state index contributed by atoms with van der Waals surface area (Å²) in [6.07, 6.45) is -4.14. The summed E-state index contributed by atoms with van der Waals surface area (Å²) < 4.78 is 71.4. The van der Waals surface area contributed by atoms with E-state index in [4.69, 9.17) is 16.2 Å². The molecule has 0 bridgehead atoms. The molecule has 0 saturated heterocycles. The number of aromatic nitrogens is 1. The number of ether oxygens (including phenoxy) is 1. The molecule has 0 fully saturated rings. The summed E-state index contributed by atoms with van der Waals surface area (Å²) in [7, 11) is -4.57. The molecule has 1 aromatic heterocycles. The largest absolute Gasteiger partial charge is 0.573 e. The van der Waals surface area contributed by atoms with Crippen molar-refractivity contribution in [1.29, 1.82) is 0 Å². The van der Waals surface area contributed by atoms with Crippen LogP contribution in [0.15, 0.2) is 23.2 Å². The van der Waals surface area contributed by atoms with Crippen LogP contribution in [0, 0.1) is 0 Å². The Labute approximate surface area is 109 Å². The molecule has 5 nitrogen and oxygen atoms in total. The number of H-pyrrole nitrogens is 1. The molecule has 0 saturated carbocycles. The highest BCUT2D eigenvalue weighted by atomic mass is 35.5. The van der Waals surface area contributed by atoms with Crippen molar-refractivity contribution in [3.63, 3.8) is 0 Å². The monoisotopic (exact) mass is 315 g/mol. The molecule has 2 rings (SSSR count). The summed E-state index contributed by atoms with van der Waals surface area (Å²) in [4.78, 5) is 1.71. The smallest absolute Gasteiger partial charge is 0.402 e. The lowest BCUT2D eigenvalue weighted by Gasteiger charge is -2.11. The molecule has 10 heteroatoms. The van der Waals surface area contributed by atoms with Gasteiger partial charge in [0, 0.05) is 11.6 Å². The van der Waals surface area contributed by atoms with Crippen LogP contribution in [0.3, 0.4) is 0 Å². The lowest BCUT2D eigenvalue weighted by molar-refractivity contribution is -0.274. The van der Waals surface area contributed by atoms with Gasteiger partial charge in [-0.25, -0.2) is 0 Å². The molecule has 0 spiro atoms. The molecule has 2 N–H and O–H groups in total. The van der Waals surface area contributed by atoms with Crippen LogP contribution in [-0.2, 0) is 10.1 Å². The molecule has 104 valence electrons. The van der Waals surface area contributed by atoms with E-state index in [1.54, 1.807) is 0 Å². The van der Waals surface area contributed by atoms with Crippen LogP contribution in [0.5, 0.6) is 5.75 Å². The molecule has 0 amide bonds. The van der Waals surface area contributed by atoms with Gasteiger partial charge < -0.3 is 9.72 Å². The number of benzene rings is 1. The Bertz CT molecular complexity index is 738. The number of aromatic amines is 1. The van der Waals surface area contributed by atoms with Gasteiger partial charge in [-0.1, -0.05) is 11.6 Å². The molecule has 0 aliphatic carbocycles. The molecule has 0 aliphatic heterocycles. The van der Waals surface area contributed by atoms with Crippen LogP contribution in [0.25, 0.3) is 10.9 Å². The highest BCUT2D eigenvalue weighted by Gasteiger charge is 2.33. The van der Waals surface area contributed by atoms with E-state index in [9.17, 15) is 21.6 Å². The summed E-state index contributed by atoms with van der Waals surface area (Å²) in [5.74, 6) is -0.762. The highest BCUT2D eigenvalue weighted by molar-refractivity contribution is 7.86. The molecule has 2 aromatic rings. The minimum Gasteiger partial charge on any atom is -0.402 e. The van der Waals surface area contributed by atoms with Gasteiger partial charge in [-0.05, 0) is 12.1 Å². The minimum absolute atomic E-state index is 0.161. The van der Waals surface area contributed by atoms with Crippen molar-refractivity contribution in [1.82, 2.24) is 4.98 Å². The van der Waals surface area contributed by atoms with Crippen molar-refractivity contribution in [2.45, 2.75) is 11.3 Å². The van der Waals surface area contributed by atoms with Gasteiger partial charge in [-0.15, -0.1) is 13.2 Å². The predicted octanol–water partition coefficient (Wildman–Crippen LogP) is 2.97. The van der Waals surface area contributed by atoms with Crippen molar-refractivity contribution in [3.8, 4) is 5.75 Å². The van der Waals surface area contributed by atoms with Crippen LogP contribution in [0.4, 0.5) is 13.2 Å². The molecule has 0 atom stereocenters. The summed E-state index contributed by atoms with van der Waals surface area (Å²) in [5.41, 5.74) is -0.280. The van der Waals surface area contributed by atoms with Gasteiger partial charge in [0.25, 0.3) is 10.1 Å². The number of rotatable bonds is 2. The van der Waals surface area contributed by atoms with Crippen LogP contribution < -0.4 is 4.74 Å². The predicted molar refractivity (Wildman–Crippen MR) is 59.8 cm³/mol. The first-order chi connectivity index (χ1) is 8.59. The summed E-state index contributed by atoms with van der Waals surface area (Å²) in [6, 6.07) is 2.19. The molecule has 0 unspecified atom stereocenters. The minimum atomic E-state index is -4.98. The third-order valence-electron chi connectivity index (χ3n) is 2.22. The first kappa shape index (κ1) is 14.0. The molecule has 1 heterocycles. The summed E-state index contributed by atoms with van der Waals surface area (Å²) in [6.45, 7) is 0. The average molecular weight is 316 g/mol. The van der Waals surface area contributed by atoms with Gasteiger partial charge in [-0.2, -0.15) is 8.42 Å². The molecule has 19 heavy (non-hydrogen) atoms. The summed E-state index contributed by atoms with van der Waals surface area (Å²) in [5, 5.41) is -0.514. The van der Waals surface area contributed by atoms with Gasteiger partial charge in [0.15, 0.2) is 5.75 Å². The van der Waals surface area contributed by atoms with E-state index in [2.05, 4.69) is 9.72 Å². The fourth-order valence-corrected chi connectivity index (χ4v) is 2.40. The molecule has 0 radical (unpaired) electrons. The number of hydrogen-bond acceptors (Lipinski definition) is 3. The van der Waals surface area contributed by atoms with E-state index in [0.29, 0.717) is 0 Å². The molecular weight excluding hydrogens is 311 g/mol. The fourth-order valence-electron chi connectivity index (χ4n) is 1.55. The zero-order valence-corrected chi connectivity index (χ0v) is 10.4. The van der Waals surface area contributed by atoms with Crippen molar-refractivity contribution in [2.75, 3.05) is 0 Å². The van der Waals surface area contributed by atoms with Gasteiger partial charge >= 0.3 is 6.36 Å². The number of halogens is 4. The van der Waals surface area contributed by atoms with Crippen LogP contribution in [-0.4, -0.2) is 24.3 Å². The number of hydrogen-bond donors (Lipinski definition) is 2. The number of alkyl halides is 3. The Balaban J connectivity index is 2.72. The normalized spacial score (nSPS) is 12.9. The third kappa shape index (κ3) is 2.77. The Morgan fingerprint density at radius 2 is 1.95 bits per heavy atom. The first-order valence-electron chi connectivity index (χ1n) is 4.62. The van der Waals surface area contributed by atoms with E-state index in [0.717, 1.165) is 18.3 Å². The quantitative estimate of drug-likeness (QED) is 0.835. The number of fused-ring (bicyclic) bond motifs is 1. The number of nitrogens with one attached hydrogen (secondary N) is 1. The van der Waals surface area contributed by atoms with E-state index in [1.165, 1.54) is 0 Å². The second kappa shape index (κ2) is 4.29. The Morgan fingerprint density at radius 3 is 2.47 bits per heavy atom. The Kier molecular flexibility index (Phi) is 3.15. The van der Waals surface area contributed by atoms with Crippen molar-refractivity contribution in [2.24, 2.45) is 0 Å². The maximum absolute atomic E-state index is 12.2. The summed E-state index contributed by atoms with van der Waals surface area (Å²) >= 11 is 5.58. The Hall–Kier alpha value is -1.45. The standard InChI is InChI=1S/C9H5ClF3NO4S/c10-5-2-1-4-6(19(15,16)17)3-14-7(4)8(5)18-9(11,12)13/h1-3,14H,(H,15,16,17). The van der Waals surface area contributed by atoms with Gasteiger partial charge in [-0.3, -0.25) is 4.55 Å². The van der Waals surface area contributed by atoms with Gasteiger partial charge in [0.05, 0.1) is 10.5 Å². The van der Waals surface area contributed by atoms with Gasteiger partial charge in [0.2, 0.25) is 0 Å². The highest BCUT2D eigenvalue weighted by Crippen LogP contribution is 2.38. The lowest BCUT2D eigenvalue weighted by Crippen LogP contribution is -2.17. The van der Waals surface area contributed by atoms with Crippen LogP contribution >= 0.6 is 11.6 Å². The fraction of sp³-hybridized carbons (Fsp3) is 0.111. The van der Waals surface area contributed by atoms with Crippen molar-refractivity contribution >= 4 is 32.6 Å². The SMILES string of the molecule is O=S(=O)(O)c1c[nH]c2c(OC(F)(F)F)c(Cl)ccc12. The third-order valence-corrected chi connectivity index (χ3v) is 3.41. The van der Waals surface area contributed by atoms with E-state index >= 15 is 0 Å².